The van der Waals surface area contributed by atoms with E-state index in [0.29, 0.717) is 22.0 Å². The van der Waals surface area contributed by atoms with Gasteiger partial charge in [0.25, 0.3) is 17.7 Å². The molecule has 0 radical (unpaired) electrons. The molecule has 0 aliphatic heterocycles. The Kier molecular flexibility index (Phi) is 7.13. The molecular weight excluding hydrogens is 356 g/mol. The zero-order valence-electron chi connectivity index (χ0n) is 14.2. The van der Waals surface area contributed by atoms with Crippen LogP contribution in [0.2, 0.25) is 5.02 Å². The lowest BCUT2D eigenvalue weighted by Gasteiger charge is -2.11. The molecule has 0 atom stereocenters. The molecule has 0 fully saturated rings. The van der Waals surface area contributed by atoms with Gasteiger partial charge in [-0.1, -0.05) is 23.7 Å². The smallest absolute Gasteiger partial charge is 0.279 e. The third-order valence-corrected chi connectivity index (χ3v) is 3.74. The molecular formula is C18H20ClN4O3+. The second-order valence-corrected chi connectivity index (χ2v) is 5.86. The summed E-state index contributed by atoms with van der Waals surface area (Å²) >= 11 is 5.83. The van der Waals surface area contributed by atoms with Gasteiger partial charge in [-0.25, -0.2) is 0 Å². The van der Waals surface area contributed by atoms with Crippen LogP contribution in [0.4, 0.5) is 11.4 Å². The summed E-state index contributed by atoms with van der Waals surface area (Å²) in [4.78, 5) is 35.7. The number of carbonyl (C=O) groups excluding carboxylic acids is 3. The van der Waals surface area contributed by atoms with Crippen molar-refractivity contribution in [3.8, 4) is 0 Å². The number of carbonyl (C=O) groups is 3. The highest BCUT2D eigenvalue weighted by molar-refractivity contribution is 6.30. The lowest BCUT2D eigenvalue weighted by atomic mass is 10.1. The highest BCUT2D eigenvalue weighted by Gasteiger charge is 2.14. The second-order valence-electron chi connectivity index (χ2n) is 5.42. The zero-order valence-corrected chi connectivity index (χ0v) is 15.0. The summed E-state index contributed by atoms with van der Waals surface area (Å²) in [5.74, 6) is -0.821. The van der Waals surface area contributed by atoms with E-state index in [9.17, 15) is 14.4 Å². The number of anilines is 2. The van der Waals surface area contributed by atoms with Crippen LogP contribution in [0.5, 0.6) is 0 Å². The lowest BCUT2D eigenvalue weighted by molar-refractivity contribution is -0.632. The van der Waals surface area contributed by atoms with Crippen molar-refractivity contribution in [1.29, 1.82) is 0 Å². The predicted molar refractivity (Wildman–Crippen MR) is 100 cm³/mol. The lowest BCUT2D eigenvalue weighted by Crippen LogP contribution is -2.88. The average Bonchev–Trinajstić information content (AvgIpc) is 2.63. The van der Waals surface area contributed by atoms with Crippen LogP contribution in [0.15, 0.2) is 48.5 Å². The Bertz CT molecular complexity index is 793. The molecule has 0 saturated heterocycles. The van der Waals surface area contributed by atoms with Gasteiger partial charge < -0.3 is 21.3 Å². The molecule has 0 bridgehead atoms. The topological polar surface area (TPSA) is 104 Å². The van der Waals surface area contributed by atoms with E-state index in [-0.39, 0.29) is 30.8 Å². The van der Waals surface area contributed by atoms with E-state index >= 15 is 0 Å². The van der Waals surface area contributed by atoms with Crippen LogP contribution >= 0.6 is 11.6 Å². The van der Waals surface area contributed by atoms with Crippen molar-refractivity contribution in [1.82, 2.24) is 5.32 Å². The van der Waals surface area contributed by atoms with Crippen LogP contribution in [0.1, 0.15) is 10.4 Å². The molecule has 0 unspecified atom stereocenters. The Morgan fingerprint density at radius 3 is 2.27 bits per heavy atom. The number of para-hydroxylation sites is 1. The van der Waals surface area contributed by atoms with Gasteiger partial charge in [0.2, 0.25) is 0 Å². The molecule has 0 heterocycles. The Balaban J connectivity index is 2.00. The van der Waals surface area contributed by atoms with Gasteiger partial charge in [-0.15, -0.1) is 0 Å². The number of hydrogen-bond acceptors (Lipinski definition) is 3. The first kappa shape index (κ1) is 19.4. The Hall–Kier alpha value is -2.90. The van der Waals surface area contributed by atoms with Gasteiger partial charge in [0.1, 0.15) is 0 Å². The quantitative estimate of drug-likeness (QED) is 0.576. The minimum atomic E-state index is -0.349. The van der Waals surface area contributed by atoms with Crippen LogP contribution in [-0.4, -0.2) is 37.9 Å². The molecule has 7 nitrogen and oxygen atoms in total. The molecule has 2 rings (SSSR count). The fourth-order valence-electron chi connectivity index (χ4n) is 2.16. The summed E-state index contributed by atoms with van der Waals surface area (Å²) in [6, 6.07) is 13.4. The first-order chi connectivity index (χ1) is 12.5. The maximum Gasteiger partial charge on any atom is 0.279 e. The van der Waals surface area contributed by atoms with E-state index in [1.165, 1.54) is 7.05 Å². The summed E-state index contributed by atoms with van der Waals surface area (Å²) < 4.78 is 0. The van der Waals surface area contributed by atoms with Crippen molar-refractivity contribution < 1.29 is 19.7 Å². The number of nitrogens with two attached hydrogens (primary N) is 1. The van der Waals surface area contributed by atoms with Crippen molar-refractivity contribution in [2.75, 3.05) is 30.8 Å². The third kappa shape index (κ3) is 5.87. The molecule has 0 aliphatic carbocycles. The molecule has 26 heavy (non-hydrogen) atoms. The van der Waals surface area contributed by atoms with E-state index < -0.39 is 0 Å². The normalized spacial score (nSPS) is 10.1. The van der Waals surface area contributed by atoms with Gasteiger partial charge in [-0.3, -0.25) is 14.4 Å². The Morgan fingerprint density at radius 1 is 0.923 bits per heavy atom. The summed E-state index contributed by atoms with van der Waals surface area (Å²) in [6.07, 6.45) is 0. The van der Waals surface area contributed by atoms with E-state index in [2.05, 4.69) is 16.0 Å². The average molecular weight is 376 g/mol. The largest absolute Gasteiger partial charge is 0.354 e. The minimum absolute atomic E-state index is 0.0700. The van der Waals surface area contributed by atoms with Crippen LogP contribution < -0.4 is 21.3 Å². The number of nitrogens with one attached hydrogen (secondary N) is 3. The number of amides is 3. The minimum Gasteiger partial charge on any atom is -0.354 e. The van der Waals surface area contributed by atoms with Crippen molar-refractivity contribution in [2.45, 2.75) is 0 Å². The number of halogens is 1. The SMILES string of the molecule is CNC(=O)C[NH2+]CC(=O)Nc1ccccc1C(=O)Nc1ccc(Cl)cc1. The molecule has 5 N–H and O–H groups in total. The molecule has 2 aromatic carbocycles. The van der Waals surface area contributed by atoms with Gasteiger partial charge >= 0.3 is 0 Å². The first-order valence-corrected chi connectivity index (χ1v) is 8.35. The second kappa shape index (κ2) is 9.55. The maximum atomic E-state index is 12.5. The van der Waals surface area contributed by atoms with Gasteiger partial charge in [0.05, 0.1) is 11.3 Å². The van der Waals surface area contributed by atoms with Crippen LogP contribution in [0.3, 0.4) is 0 Å². The van der Waals surface area contributed by atoms with Crippen LogP contribution in [0.25, 0.3) is 0 Å². The number of rotatable bonds is 7. The Morgan fingerprint density at radius 2 is 1.58 bits per heavy atom. The van der Waals surface area contributed by atoms with Crippen molar-refractivity contribution in [3.05, 3.63) is 59.1 Å². The van der Waals surface area contributed by atoms with Gasteiger partial charge in [-0.05, 0) is 36.4 Å². The van der Waals surface area contributed by atoms with Crippen molar-refractivity contribution >= 4 is 40.7 Å². The first-order valence-electron chi connectivity index (χ1n) is 7.97. The zero-order chi connectivity index (χ0) is 18.9. The maximum absolute atomic E-state index is 12.5. The standard InChI is InChI=1S/C18H19ClN4O3/c1-20-16(24)10-21-11-17(25)23-15-5-3-2-4-14(15)18(26)22-13-8-6-12(19)7-9-13/h2-9,21H,10-11H2,1H3,(H,20,24)(H,22,26)(H,23,25)/p+1. The van der Waals surface area contributed by atoms with E-state index in [1.807, 2.05) is 0 Å². The molecule has 136 valence electrons. The number of benzene rings is 2. The molecule has 2 aromatic rings. The van der Waals surface area contributed by atoms with Gasteiger partial charge in [-0.2, -0.15) is 0 Å². The van der Waals surface area contributed by atoms with Gasteiger partial charge in [0, 0.05) is 17.8 Å². The van der Waals surface area contributed by atoms with E-state index in [0.717, 1.165) is 0 Å². The molecule has 3 amide bonds. The molecule has 0 saturated carbocycles. The third-order valence-electron chi connectivity index (χ3n) is 3.49. The van der Waals surface area contributed by atoms with Gasteiger partial charge in [0.15, 0.2) is 13.1 Å². The predicted octanol–water partition coefficient (Wildman–Crippen LogP) is 0.840. The molecule has 8 heteroatoms. The Labute approximate surface area is 156 Å². The molecule has 0 aliphatic rings. The molecule has 0 aromatic heterocycles. The summed E-state index contributed by atoms with van der Waals surface area (Å²) in [7, 11) is 1.53. The van der Waals surface area contributed by atoms with Crippen LogP contribution in [-0.2, 0) is 9.59 Å². The summed E-state index contributed by atoms with van der Waals surface area (Å²) in [5, 5.41) is 10.1. The highest BCUT2D eigenvalue weighted by Crippen LogP contribution is 2.18. The fourth-order valence-corrected chi connectivity index (χ4v) is 2.29. The molecule has 0 spiro atoms. The van der Waals surface area contributed by atoms with Crippen molar-refractivity contribution in [3.63, 3.8) is 0 Å². The fraction of sp³-hybridized carbons (Fsp3) is 0.167. The number of hydrogen-bond donors (Lipinski definition) is 4. The van der Waals surface area contributed by atoms with Crippen molar-refractivity contribution in [2.24, 2.45) is 0 Å². The summed E-state index contributed by atoms with van der Waals surface area (Å²) in [6.45, 7) is 0.225. The van der Waals surface area contributed by atoms with Crippen LogP contribution in [0, 0.1) is 0 Å². The van der Waals surface area contributed by atoms with E-state index in [4.69, 9.17) is 11.6 Å². The highest BCUT2D eigenvalue weighted by atomic mass is 35.5. The number of quaternary nitrogens is 1. The summed E-state index contributed by atoms with van der Waals surface area (Å²) in [5.41, 5.74) is 1.33. The monoisotopic (exact) mass is 375 g/mol. The van der Waals surface area contributed by atoms with E-state index in [1.54, 1.807) is 53.8 Å². The number of likely N-dealkylation sites (N-methyl/N-ethyl adjacent to an activating group) is 1.